The van der Waals surface area contributed by atoms with Crippen LogP contribution in [0.5, 0.6) is 11.5 Å². The number of halogens is 1. The highest BCUT2D eigenvalue weighted by Gasteiger charge is 2.36. The van der Waals surface area contributed by atoms with E-state index in [1.165, 1.54) is 5.56 Å². The van der Waals surface area contributed by atoms with Gasteiger partial charge in [-0.15, -0.1) is 24.0 Å². The van der Waals surface area contributed by atoms with Gasteiger partial charge in [-0.1, -0.05) is 11.2 Å². The number of hydrogen-bond acceptors (Lipinski definition) is 7. The van der Waals surface area contributed by atoms with Gasteiger partial charge in [0.1, 0.15) is 6.26 Å². The Labute approximate surface area is 211 Å². The number of aromatic nitrogens is 1. The quantitative estimate of drug-likeness (QED) is 0.334. The molecule has 0 saturated carbocycles. The SMILES string of the molecule is CN=C(NCC1(c2ccc3c(c2)OCO3)CCOCC1)N1CCN(Cc2ccon2)CC1.I. The number of nitrogens with one attached hydrogen (secondary N) is 1. The monoisotopic (exact) mass is 569 g/mol. The summed E-state index contributed by atoms with van der Waals surface area (Å²) >= 11 is 0. The summed E-state index contributed by atoms with van der Waals surface area (Å²) in [5.41, 5.74) is 2.22. The Morgan fingerprint density at radius 2 is 1.88 bits per heavy atom. The molecule has 2 aromatic rings. The third-order valence-corrected chi connectivity index (χ3v) is 6.78. The zero-order chi connectivity index (χ0) is 21.8. The summed E-state index contributed by atoms with van der Waals surface area (Å²) in [6.07, 6.45) is 3.55. The van der Waals surface area contributed by atoms with E-state index < -0.39 is 0 Å². The minimum atomic E-state index is -0.0239. The number of benzene rings is 1. The Balaban J connectivity index is 0.00000259. The maximum Gasteiger partial charge on any atom is 0.231 e. The van der Waals surface area contributed by atoms with Crippen LogP contribution in [0.2, 0.25) is 0 Å². The van der Waals surface area contributed by atoms with Crippen molar-refractivity contribution in [2.24, 2.45) is 4.99 Å². The molecule has 0 aliphatic carbocycles. The van der Waals surface area contributed by atoms with Crippen LogP contribution >= 0.6 is 24.0 Å². The van der Waals surface area contributed by atoms with E-state index in [0.717, 1.165) is 88.5 Å². The van der Waals surface area contributed by atoms with Crippen molar-refractivity contribution in [2.45, 2.75) is 24.8 Å². The van der Waals surface area contributed by atoms with Crippen LogP contribution in [0.25, 0.3) is 0 Å². The number of nitrogens with zero attached hydrogens (tertiary/aromatic N) is 4. The molecule has 1 N–H and O–H groups in total. The van der Waals surface area contributed by atoms with Crippen LogP contribution in [-0.2, 0) is 16.7 Å². The van der Waals surface area contributed by atoms with E-state index in [1.807, 2.05) is 19.2 Å². The van der Waals surface area contributed by atoms with Gasteiger partial charge in [0.2, 0.25) is 6.79 Å². The molecule has 33 heavy (non-hydrogen) atoms. The molecule has 0 amide bonds. The molecule has 5 rings (SSSR count). The van der Waals surface area contributed by atoms with E-state index in [-0.39, 0.29) is 29.4 Å². The van der Waals surface area contributed by atoms with Gasteiger partial charge in [0.05, 0.1) is 5.69 Å². The van der Waals surface area contributed by atoms with Crippen LogP contribution in [0, 0.1) is 0 Å². The predicted octanol–water partition coefficient (Wildman–Crippen LogP) is 2.46. The molecule has 0 unspecified atom stereocenters. The van der Waals surface area contributed by atoms with Gasteiger partial charge in [-0.25, -0.2) is 0 Å². The van der Waals surface area contributed by atoms with Gasteiger partial charge in [0, 0.05) is 71.0 Å². The normalized spacial score (nSPS) is 20.4. The van der Waals surface area contributed by atoms with Gasteiger partial charge in [-0.3, -0.25) is 9.89 Å². The molecule has 1 aromatic carbocycles. The maximum absolute atomic E-state index is 5.70. The predicted molar refractivity (Wildman–Crippen MR) is 134 cm³/mol. The largest absolute Gasteiger partial charge is 0.454 e. The zero-order valence-electron chi connectivity index (χ0n) is 19.0. The van der Waals surface area contributed by atoms with Gasteiger partial charge in [-0.2, -0.15) is 0 Å². The number of hydrogen-bond donors (Lipinski definition) is 1. The van der Waals surface area contributed by atoms with Gasteiger partial charge in [-0.05, 0) is 30.5 Å². The van der Waals surface area contributed by atoms with Crippen molar-refractivity contribution in [3.63, 3.8) is 0 Å². The van der Waals surface area contributed by atoms with Gasteiger partial charge in [0.15, 0.2) is 17.5 Å². The molecule has 0 atom stereocenters. The number of rotatable bonds is 5. The summed E-state index contributed by atoms with van der Waals surface area (Å²) in [6.45, 7) is 7.23. The first-order valence-corrected chi connectivity index (χ1v) is 11.3. The van der Waals surface area contributed by atoms with E-state index in [9.17, 15) is 0 Å². The van der Waals surface area contributed by atoms with Crippen LogP contribution in [-0.4, -0.2) is 80.7 Å². The van der Waals surface area contributed by atoms with Crippen molar-refractivity contribution in [3.8, 4) is 11.5 Å². The molecule has 9 nitrogen and oxygen atoms in total. The van der Waals surface area contributed by atoms with E-state index in [4.69, 9.17) is 18.7 Å². The van der Waals surface area contributed by atoms with Crippen molar-refractivity contribution in [1.82, 2.24) is 20.3 Å². The molecule has 10 heteroatoms. The van der Waals surface area contributed by atoms with E-state index in [2.05, 4.69) is 37.4 Å². The second-order valence-electron chi connectivity index (χ2n) is 8.62. The summed E-state index contributed by atoms with van der Waals surface area (Å²) in [6, 6.07) is 8.26. The second kappa shape index (κ2) is 10.9. The molecular formula is C23H32IN5O4. The fourth-order valence-corrected chi connectivity index (χ4v) is 4.80. The molecular weight excluding hydrogens is 537 g/mol. The zero-order valence-corrected chi connectivity index (χ0v) is 21.3. The minimum Gasteiger partial charge on any atom is -0.454 e. The Hall–Kier alpha value is -2.05. The number of fused-ring (bicyclic) bond motifs is 1. The van der Waals surface area contributed by atoms with Gasteiger partial charge < -0.3 is 29.0 Å². The Morgan fingerprint density at radius 3 is 2.61 bits per heavy atom. The Kier molecular flexibility index (Phi) is 7.97. The van der Waals surface area contributed by atoms with Crippen LogP contribution in [0.15, 0.2) is 40.0 Å². The minimum absolute atomic E-state index is 0. The Bertz CT molecular complexity index is 925. The molecule has 1 aromatic heterocycles. The Morgan fingerprint density at radius 1 is 1.09 bits per heavy atom. The second-order valence-corrected chi connectivity index (χ2v) is 8.62. The molecule has 3 aliphatic heterocycles. The van der Waals surface area contributed by atoms with Crippen molar-refractivity contribution in [2.75, 3.05) is 59.8 Å². The number of aliphatic imine (C=N–C) groups is 1. The standard InChI is InChI=1S/C23H31N5O4.HI/c1-24-22(28-9-7-27(8-10-28)15-19-4-11-32-26-19)25-16-23(5-12-29-13-6-23)18-2-3-20-21(14-18)31-17-30-20;/h2-4,11,14H,5-10,12-13,15-17H2,1H3,(H,24,25);1H. The topological polar surface area (TPSA) is 84.6 Å². The lowest BCUT2D eigenvalue weighted by molar-refractivity contribution is 0.0509. The highest BCUT2D eigenvalue weighted by Crippen LogP contribution is 2.40. The summed E-state index contributed by atoms with van der Waals surface area (Å²) < 4.78 is 21.8. The molecule has 0 bridgehead atoms. The fourth-order valence-electron chi connectivity index (χ4n) is 4.80. The molecule has 2 saturated heterocycles. The lowest BCUT2D eigenvalue weighted by atomic mass is 9.74. The van der Waals surface area contributed by atoms with Crippen molar-refractivity contribution < 1.29 is 18.7 Å². The molecule has 0 radical (unpaired) electrons. The summed E-state index contributed by atoms with van der Waals surface area (Å²) in [7, 11) is 1.86. The van der Waals surface area contributed by atoms with Crippen molar-refractivity contribution >= 4 is 29.9 Å². The van der Waals surface area contributed by atoms with E-state index >= 15 is 0 Å². The maximum atomic E-state index is 5.70. The smallest absolute Gasteiger partial charge is 0.231 e. The van der Waals surface area contributed by atoms with Crippen LogP contribution in [0.1, 0.15) is 24.1 Å². The highest BCUT2D eigenvalue weighted by molar-refractivity contribution is 14.0. The van der Waals surface area contributed by atoms with Crippen molar-refractivity contribution in [1.29, 1.82) is 0 Å². The first-order valence-electron chi connectivity index (χ1n) is 11.3. The summed E-state index contributed by atoms with van der Waals surface area (Å²) in [4.78, 5) is 9.33. The first kappa shape index (κ1) is 24.1. The fraction of sp³-hybridized carbons (Fsp3) is 0.565. The lowest BCUT2D eigenvalue weighted by Gasteiger charge is -2.40. The third kappa shape index (κ3) is 5.38. The average Bonchev–Trinajstić information content (AvgIpc) is 3.52. The van der Waals surface area contributed by atoms with E-state index in [0.29, 0.717) is 6.79 Å². The molecule has 180 valence electrons. The summed E-state index contributed by atoms with van der Waals surface area (Å²) in [5, 5.41) is 7.71. The molecule has 4 heterocycles. The molecule has 2 fully saturated rings. The third-order valence-electron chi connectivity index (χ3n) is 6.78. The summed E-state index contributed by atoms with van der Waals surface area (Å²) in [5.74, 6) is 2.61. The number of ether oxygens (including phenoxy) is 3. The van der Waals surface area contributed by atoms with Crippen LogP contribution in [0.4, 0.5) is 0 Å². The first-order chi connectivity index (χ1) is 15.8. The lowest BCUT2D eigenvalue weighted by Crippen LogP contribution is -2.54. The van der Waals surface area contributed by atoms with Gasteiger partial charge >= 0.3 is 0 Å². The number of guanidine groups is 1. The van der Waals surface area contributed by atoms with Crippen LogP contribution in [0.3, 0.4) is 0 Å². The molecule has 0 spiro atoms. The number of piperazine rings is 1. The van der Waals surface area contributed by atoms with Gasteiger partial charge in [0.25, 0.3) is 0 Å². The van der Waals surface area contributed by atoms with Crippen molar-refractivity contribution in [3.05, 3.63) is 41.8 Å². The molecule has 3 aliphatic rings. The van der Waals surface area contributed by atoms with Crippen LogP contribution < -0.4 is 14.8 Å². The highest BCUT2D eigenvalue weighted by atomic mass is 127. The van der Waals surface area contributed by atoms with E-state index in [1.54, 1.807) is 6.26 Å². The average molecular weight is 569 g/mol.